The summed E-state index contributed by atoms with van der Waals surface area (Å²) in [7, 11) is 0. The smallest absolute Gasteiger partial charge is 0.349 e. The van der Waals surface area contributed by atoms with Gasteiger partial charge >= 0.3 is 5.69 Å². The van der Waals surface area contributed by atoms with Crippen LogP contribution in [0.15, 0.2) is 40.5 Å². The van der Waals surface area contributed by atoms with E-state index in [1.165, 1.54) is 27.2 Å². The summed E-state index contributed by atoms with van der Waals surface area (Å²) in [6.07, 6.45) is 2.25. The molecule has 174 valence electrons. The molecule has 11 heteroatoms. The molecule has 9 nitrogen and oxygen atoms in total. The van der Waals surface area contributed by atoms with Gasteiger partial charge in [0.15, 0.2) is 16.6 Å². The van der Waals surface area contributed by atoms with Crippen molar-refractivity contribution in [2.45, 2.75) is 25.9 Å². The molecule has 2 aliphatic rings. The van der Waals surface area contributed by atoms with Gasteiger partial charge in [-0.25, -0.2) is 9.78 Å². The van der Waals surface area contributed by atoms with Gasteiger partial charge in [0, 0.05) is 19.6 Å². The Hall–Kier alpha value is -3.44. The normalized spacial score (nSPS) is 14.8. The first kappa shape index (κ1) is 21.1. The molecule has 1 N–H and O–H groups in total. The number of hydrogen-bond donors (Lipinski definition) is 1. The lowest BCUT2D eigenvalue weighted by atomic mass is 10.2. The molecule has 0 bridgehead atoms. The molecule has 3 aromatic heterocycles. The Balaban J connectivity index is 1.29. The molecule has 2 aliphatic heterocycles. The Bertz CT molecular complexity index is 1420. The van der Waals surface area contributed by atoms with E-state index in [0.29, 0.717) is 34.1 Å². The lowest BCUT2D eigenvalue weighted by Crippen LogP contribution is -2.33. The second-order valence-electron chi connectivity index (χ2n) is 8.12. The number of thiazole rings is 1. The van der Waals surface area contributed by atoms with Crippen LogP contribution in [-0.2, 0) is 17.9 Å². The van der Waals surface area contributed by atoms with Crippen molar-refractivity contribution < 1.29 is 14.3 Å². The maximum atomic E-state index is 13.0. The van der Waals surface area contributed by atoms with Gasteiger partial charge in [-0.3, -0.25) is 9.36 Å². The highest BCUT2D eigenvalue weighted by atomic mass is 32.1. The summed E-state index contributed by atoms with van der Waals surface area (Å²) >= 11 is 2.97. The number of anilines is 1. The number of rotatable bonds is 6. The summed E-state index contributed by atoms with van der Waals surface area (Å²) < 4.78 is 12.1. The molecule has 5 heterocycles. The van der Waals surface area contributed by atoms with Crippen LogP contribution in [0.2, 0.25) is 0 Å². The number of thiophene rings is 1. The number of fused-ring (bicyclic) bond motifs is 2. The van der Waals surface area contributed by atoms with Gasteiger partial charge in [0.1, 0.15) is 22.6 Å². The highest BCUT2D eigenvalue weighted by Gasteiger charge is 2.23. The average Bonchev–Trinajstić information content (AvgIpc) is 3.65. The summed E-state index contributed by atoms with van der Waals surface area (Å²) in [5.41, 5.74) is 1.67. The van der Waals surface area contributed by atoms with Crippen molar-refractivity contribution >= 4 is 44.1 Å². The van der Waals surface area contributed by atoms with Gasteiger partial charge in [-0.2, -0.15) is 4.98 Å². The third kappa shape index (κ3) is 3.90. The number of carbonyl (C=O) groups excluding carboxylic acids is 1. The van der Waals surface area contributed by atoms with E-state index in [2.05, 4.69) is 15.2 Å². The minimum Gasteiger partial charge on any atom is -0.454 e. The standard InChI is InChI=1S/C23H21N5O4S2/c29-18(24-11-14-5-6-15-16(10-14)32-13-31-15)12-28-21-20(26-23(34-21)27-7-1-2-8-27)19(25-22(28)30)17-4-3-9-33-17/h3-6,9-10H,1-2,7-8,11-13H2,(H,24,29). The first-order chi connectivity index (χ1) is 16.7. The number of nitrogens with zero attached hydrogens (tertiary/aromatic N) is 4. The summed E-state index contributed by atoms with van der Waals surface area (Å²) in [5, 5.41) is 5.71. The van der Waals surface area contributed by atoms with Crippen LogP contribution in [0.3, 0.4) is 0 Å². The predicted octanol–water partition coefficient (Wildman–Crippen LogP) is 3.23. The molecule has 0 aliphatic carbocycles. The number of amides is 1. The minimum atomic E-state index is -0.453. The molecular formula is C23H21N5O4S2. The third-order valence-corrected chi connectivity index (χ3v) is 7.88. The average molecular weight is 496 g/mol. The van der Waals surface area contributed by atoms with Crippen LogP contribution in [0.4, 0.5) is 5.13 Å². The van der Waals surface area contributed by atoms with Gasteiger partial charge < -0.3 is 19.7 Å². The van der Waals surface area contributed by atoms with Crippen molar-refractivity contribution in [2.75, 3.05) is 24.8 Å². The lowest BCUT2D eigenvalue weighted by Gasteiger charge is -2.11. The number of nitrogens with one attached hydrogen (secondary N) is 1. The zero-order valence-electron chi connectivity index (χ0n) is 18.2. The van der Waals surface area contributed by atoms with Crippen LogP contribution < -0.4 is 25.4 Å². The zero-order valence-corrected chi connectivity index (χ0v) is 19.8. The fourth-order valence-electron chi connectivity index (χ4n) is 4.15. The molecule has 0 radical (unpaired) electrons. The Morgan fingerprint density at radius 1 is 1.12 bits per heavy atom. The van der Waals surface area contributed by atoms with Crippen molar-refractivity contribution in [1.29, 1.82) is 0 Å². The summed E-state index contributed by atoms with van der Waals surface area (Å²) in [4.78, 5) is 38.8. The van der Waals surface area contributed by atoms with Gasteiger partial charge in [0.2, 0.25) is 12.7 Å². The fourth-order valence-corrected chi connectivity index (χ4v) is 5.98. The van der Waals surface area contributed by atoms with Crippen molar-refractivity contribution in [2.24, 2.45) is 0 Å². The van der Waals surface area contributed by atoms with Crippen molar-refractivity contribution in [3.8, 4) is 22.1 Å². The van der Waals surface area contributed by atoms with Crippen LogP contribution in [0, 0.1) is 0 Å². The van der Waals surface area contributed by atoms with E-state index in [4.69, 9.17) is 14.5 Å². The number of aromatic nitrogens is 3. The Kier molecular flexibility index (Phi) is 5.42. The highest BCUT2D eigenvalue weighted by molar-refractivity contribution is 7.22. The molecule has 4 aromatic rings. The molecule has 1 amide bonds. The Labute approximate surface area is 202 Å². The van der Waals surface area contributed by atoms with E-state index in [1.54, 1.807) is 0 Å². The van der Waals surface area contributed by atoms with Crippen molar-refractivity contribution in [1.82, 2.24) is 19.9 Å². The fraction of sp³-hybridized carbons (Fsp3) is 0.304. The van der Waals surface area contributed by atoms with Gasteiger partial charge in [-0.1, -0.05) is 23.5 Å². The van der Waals surface area contributed by atoms with Crippen LogP contribution >= 0.6 is 22.7 Å². The second kappa shape index (κ2) is 8.73. The van der Waals surface area contributed by atoms with Gasteiger partial charge in [0.25, 0.3) is 0 Å². The van der Waals surface area contributed by atoms with E-state index in [9.17, 15) is 9.59 Å². The molecule has 1 aromatic carbocycles. The lowest BCUT2D eigenvalue weighted by molar-refractivity contribution is -0.121. The first-order valence-electron chi connectivity index (χ1n) is 11.0. The maximum absolute atomic E-state index is 13.0. The van der Waals surface area contributed by atoms with E-state index in [0.717, 1.165) is 41.5 Å². The quantitative estimate of drug-likeness (QED) is 0.439. The zero-order chi connectivity index (χ0) is 23.1. The van der Waals surface area contributed by atoms with Crippen LogP contribution in [0.1, 0.15) is 18.4 Å². The summed E-state index contributed by atoms with van der Waals surface area (Å²) in [5.74, 6) is 1.08. The summed E-state index contributed by atoms with van der Waals surface area (Å²) in [6, 6.07) is 9.40. The topological polar surface area (TPSA) is 98.6 Å². The number of ether oxygens (including phenoxy) is 2. The Morgan fingerprint density at radius 3 is 2.79 bits per heavy atom. The van der Waals surface area contributed by atoms with E-state index < -0.39 is 5.69 Å². The SMILES string of the molecule is O=C(Cn1c(=O)nc(-c2cccs2)c2nc(N3CCCC3)sc21)NCc1ccc2c(c1)OCO2. The molecular weight excluding hydrogens is 474 g/mol. The first-order valence-corrected chi connectivity index (χ1v) is 12.7. The predicted molar refractivity (Wildman–Crippen MR) is 131 cm³/mol. The Morgan fingerprint density at radius 2 is 1.97 bits per heavy atom. The van der Waals surface area contributed by atoms with Crippen molar-refractivity contribution in [3.63, 3.8) is 0 Å². The van der Waals surface area contributed by atoms with Gasteiger partial charge in [-0.15, -0.1) is 11.3 Å². The molecule has 1 fully saturated rings. The number of hydrogen-bond acceptors (Lipinski definition) is 9. The monoisotopic (exact) mass is 495 g/mol. The molecule has 0 atom stereocenters. The van der Waals surface area contributed by atoms with Gasteiger partial charge in [0.05, 0.1) is 4.88 Å². The minimum absolute atomic E-state index is 0.126. The summed E-state index contributed by atoms with van der Waals surface area (Å²) in [6.45, 7) is 2.28. The molecule has 0 unspecified atom stereocenters. The molecule has 0 spiro atoms. The van der Waals surface area contributed by atoms with Crippen molar-refractivity contribution in [3.05, 3.63) is 51.8 Å². The van der Waals surface area contributed by atoms with E-state index >= 15 is 0 Å². The van der Waals surface area contributed by atoms with Crippen LogP contribution in [0.5, 0.6) is 11.5 Å². The number of carbonyl (C=O) groups is 1. The van der Waals surface area contributed by atoms with E-state index in [1.807, 2.05) is 35.7 Å². The molecule has 6 rings (SSSR count). The highest BCUT2D eigenvalue weighted by Crippen LogP contribution is 2.36. The second-order valence-corrected chi connectivity index (χ2v) is 10.0. The maximum Gasteiger partial charge on any atom is 0.349 e. The van der Waals surface area contributed by atoms with Crippen LogP contribution in [0.25, 0.3) is 20.9 Å². The molecule has 0 saturated carbocycles. The molecule has 34 heavy (non-hydrogen) atoms. The van der Waals surface area contributed by atoms with Crippen LogP contribution in [-0.4, -0.2) is 40.3 Å². The molecule has 1 saturated heterocycles. The largest absolute Gasteiger partial charge is 0.454 e. The third-order valence-electron chi connectivity index (χ3n) is 5.87. The van der Waals surface area contributed by atoms with E-state index in [-0.39, 0.29) is 19.2 Å². The van der Waals surface area contributed by atoms with Gasteiger partial charge in [-0.05, 0) is 42.0 Å². The number of benzene rings is 1.